The van der Waals surface area contributed by atoms with Crippen molar-refractivity contribution in [1.29, 1.82) is 0 Å². The number of hydrogen-bond donors (Lipinski definition) is 0. The summed E-state index contributed by atoms with van der Waals surface area (Å²) in [6.45, 7) is 0.848. The predicted molar refractivity (Wildman–Crippen MR) is 107 cm³/mol. The first kappa shape index (κ1) is 19.6. The minimum atomic E-state index is -0.589. The highest BCUT2D eigenvalue weighted by atomic mass is 35.5. The molecule has 0 aliphatic heterocycles. The molecule has 3 aromatic rings. The second-order valence-corrected chi connectivity index (χ2v) is 7.38. The fourth-order valence-corrected chi connectivity index (χ4v) is 3.51. The van der Waals surface area contributed by atoms with Crippen LogP contribution >= 0.6 is 11.6 Å². The van der Waals surface area contributed by atoms with Crippen molar-refractivity contribution in [2.24, 2.45) is 5.92 Å². The van der Waals surface area contributed by atoms with Crippen molar-refractivity contribution < 1.29 is 23.1 Å². The van der Waals surface area contributed by atoms with Crippen LogP contribution in [0.3, 0.4) is 0 Å². The third kappa shape index (κ3) is 4.33. The van der Waals surface area contributed by atoms with Crippen LogP contribution in [0.15, 0.2) is 51.7 Å². The molecule has 2 aromatic carbocycles. The first-order valence-electron chi connectivity index (χ1n) is 9.26. The van der Waals surface area contributed by atoms with Gasteiger partial charge in [-0.2, -0.15) is 0 Å². The summed E-state index contributed by atoms with van der Waals surface area (Å²) in [5, 5.41) is 0.148. The Morgan fingerprint density at radius 3 is 2.62 bits per heavy atom. The lowest BCUT2D eigenvalue weighted by atomic mass is 9.83. The molecule has 4 rings (SSSR count). The standard InChI is InChI=1S/C22H18ClFO5/c23-19-10-15(24)9-18-20(26)11-21(29-22(18)19)14-1-3-16(4-2-14)27-5-6-28-17-7-13(8-17)12-25/h1-4,9-13,17H,5-8H2. The van der Waals surface area contributed by atoms with Gasteiger partial charge in [-0.15, -0.1) is 0 Å². The van der Waals surface area contributed by atoms with E-state index in [1.165, 1.54) is 6.07 Å². The van der Waals surface area contributed by atoms with E-state index in [2.05, 4.69) is 0 Å². The Morgan fingerprint density at radius 1 is 1.14 bits per heavy atom. The highest BCUT2D eigenvalue weighted by Gasteiger charge is 2.29. The lowest BCUT2D eigenvalue weighted by molar-refractivity contribution is -0.119. The zero-order valence-electron chi connectivity index (χ0n) is 15.4. The van der Waals surface area contributed by atoms with Crippen molar-refractivity contribution >= 4 is 28.9 Å². The molecule has 0 atom stereocenters. The van der Waals surface area contributed by atoms with E-state index in [9.17, 15) is 14.0 Å². The minimum absolute atomic E-state index is 0.0461. The van der Waals surface area contributed by atoms with E-state index in [-0.39, 0.29) is 33.4 Å². The van der Waals surface area contributed by atoms with Gasteiger partial charge in [0.05, 0.1) is 23.1 Å². The Kier molecular flexibility index (Phi) is 5.65. The normalized spacial score (nSPS) is 18.4. The molecule has 0 spiro atoms. The van der Waals surface area contributed by atoms with Crippen molar-refractivity contribution in [2.75, 3.05) is 13.2 Å². The summed E-state index contributed by atoms with van der Waals surface area (Å²) in [6.07, 6.45) is 2.69. The van der Waals surface area contributed by atoms with Gasteiger partial charge in [0.1, 0.15) is 30.2 Å². The van der Waals surface area contributed by atoms with Crippen molar-refractivity contribution in [1.82, 2.24) is 0 Å². The molecule has 0 unspecified atom stereocenters. The number of fused-ring (bicyclic) bond motifs is 1. The van der Waals surface area contributed by atoms with E-state index in [4.69, 9.17) is 25.5 Å². The van der Waals surface area contributed by atoms with Crippen molar-refractivity contribution in [2.45, 2.75) is 18.9 Å². The van der Waals surface area contributed by atoms with Gasteiger partial charge in [-0.25, -0.2) is 4.39 Å². The van der Waals surface area contributed by atoms with E-state index >= 15 is 0 Å². The lowest BCUT2D eigenvalue weighted by Crippen LogP contribution is -2.33. The summed E-state index contributed by atoms with van der Waals surface area (Å²) < 4.78 is 30.5. The number of benzene rings is 2. The first-order valence-corrected chi connectivity index (χ1v) is 9.64. The Balaban J connectivity index is 1.40. The van der Waals surface area contributed by atoms with Gasteiger partial charge in [0.2, 0.25) is 0 Å². The van der Waals surface area contributed by atoms with Crippen LogP contribution in [0.2, 0.25) is 5.02 Å². The molecule has 1 aromatic heterocycles. The molecule has 150 valence electrons. The third-order valence-corrected chi connectivity index (χ3v) is 5.20. The number of carbonyl (C=O) groups is 1. The molecule has 1 heterocycles. The van der Waals surface area contributed by atoms with Crippen molar-refractivity contribution in [3.05, 3.63) is 63.5 Å². The van der Waals surface area contributed by atoms with Gasteiger partial charge in [0.25, 0.3) is 0 Å². The summed E-state index contributed by atoms with van der Waals surface area (Å²) in [5.41, 5.74) is 0.455. The van der Waals surface area contributed by atoms with Crippen LogP contribution in [0, 0.1) is 11.7 Å². The monoisotopic (exact) mass is 416 g/mol. The maximum atomic E-state index is 13.5. The highest BCUT2D eigenvalue weighted by molar-refractivity contribution is 6.34. The molecule has 0 saturated heterocycles. The smallest absolute Gasteiger partial charge is 0.193 e. The molecule has 0 amide bonds. The number of aldehydes is 1. The molecular weight excluding hydrogens is 399 g/mol. The summed E-state index contributed by atoms with van der Waals surface area (Å²) in [7, 11) is 0. The van der Waals surface area contributed by atoms with Crippen LogP contribution in [0.5, 0.6) is 5.75 Å². The Morgan fingerprint density at radius 2 is 1.90 bits per heavy atom. The molecule has 0 bridgehead atoms. The van der Waals surface area contributed by atoms with E-state index in [0.29, 0.717) is 30.3 Å². The van der Waals surface area contributed by atoms with Crippen LogP contribution < -0.4 is 10.2 Å². The number of carbonyl (C=O) groups excluding carboxylic acids is 1. The molecule has 1 aliphatic carbocycles. The second kappa shape index (κ2) is 8.35. The first-order chi connectivity index (χ1) is 14.0. The van der Waals surface area contributed by atoms with Crippen LogP contribution in [-0.2, 0) is 9.53 Å². The van der Waals surface area contributed by atoms with Gasteiger partial charge >= 0.3 is 0 Å². The number of ether oxygens (including phenoxy) is 2. The fourth-order valence-electron chi connectivity index (χ4n) is 3.27. The van der Waals surface area contributed by atoms with E-state index in [0.717, 1.165) is 31.3 Å². The molecule has 1 saturated carbocycles. The largest absolute Gasteiger partial charge is 0.491 e. The van der Waals surface area contributed by atoms with Crippen molar-refractivity contribution in [3.8, 4) is 17.1 Å². The van der Waals surface area contributed by atoms with Crippen LogP contribution in [-0.4, -0.2) is 25.6 Å². The Hall–Kier alpha value is -2.70. The second-order valence-electron chi connectivity index (χ2n) is 6.97. The van der Waals surface area contributed by atoms with E-state index in [1.807, 2.05) is 0 Å². The van der Waals surface area contributed by atoms with Gasteiger partial charge in [0.15, 0.2) is 11.0 Å². The Bertz CT molecular complexity index is 1090. The van der Waals surface area contributed by atoms with Crippen LogP contribution in [0.4, 0.5) is 4.39 Å². The van der Waals surface area contributed by atoms with Crippen LogP contribution in [0.1, 0.15) is 12.8 Å². The molecule has 7 heteroatoms. The van der Waals surface area contributed by atoms with Gasteiger partial charge in [-0.05, 0) is 49.2 Å². The minimum Gasteiger partial charge on any atom is -0.491 e. The fraction of sp³-hybridized carbons (Fsp3) is 0.273. The average Bonchev–Trinajstić information content (AvgIpc) is 2.67. The summed E-state index contributed by atoms with van der Waals surface area (Å²) >= 11 is 6.02. The number of hydrogen-bond acceptors (Lipinski definition) is 5. The maximum Gasteiger partial charge on any atom is 0.193 e. The summed E-state index contributed by atoms with van der Waals surface area (Å²) in [6, 6.07) is 10.6. The van der Waals surface area contributed by atoms with Gasteiger partial charge in [-0.3, -0.25) is 4.79 Å². The Labute approximate surface area is 171 Å². The zero-order chi connectivity index (χ0) is 20.4. The molecule has 1 fully saturated rings. The SMILES string of the molecule is O=CC1CC(OCCOc2ccc(-c3cc(=O)c4cc(F)cc(Cl)c4o3)cc2)C1. The summed E-state index contributed by atoms with van der Waals surface area (Å²) in [4.78, 5) is 22.9. The number of rotatable bonds is 7. The molecule has 5 nitrogen and oxygen atoms in total. The van der Waals surface area contributed by atoms with E-state index < -0.39 is 5.82 Å². The zero-order valence-corrected chi connectivity index (χ0v) is 16.2. The molecule has 0 N–H and O–H groups in total. The third-order valence-electron chi connectivity index (χ3n) is 4.92. The lowest BCUT2D eigenvalue weighted by Gasteiger charge is -2.31. The van der Waals surface area contributed by atoms with Crippen LogP contribution in [0.25, 0.3) is 22.3 Å². The van der Waals surface area contributed by atoms with E-state index in [1.54, 1.807) is 24.3 Å². The van der Waals surface area contributed by atoms with Crippen molar-refractivity contribution in [3.63, 3.8) is 0 Å². The van der Waals surface area contributed by atoms with Gasteiger partial charge in [-0.1, -0.05) is 11.6 Å². The molecular formula is C22H18ClFO5. The maximum absolute atomic E-state index is 13.5. The molecule has 0 radical (unpaired) electrons. The topological polar surface area (TPSA) is 65.7 Å². The molecule has 1 aliphatic rings. The summed E-state index contributed by atoms with van der Waals surface area (Å²) in [5.74, 6) is 0.534. The quantitative estimate of drug-likeness (QED) is 0.415. The molecule has 29 heavy (non-hydrogen) atoms. The predicted octanol–water partition coefficient (Wildman–Crippen LogP) is 4.63. The highest BCUT2D eigenvalue weighted by Crippen LogP contribution is 2.29. The van der Waals surface area contributed by atoms with Gasteiger partial charge < -0.3 is 18.7 Å². The average molecular weight is 417 g/mol. The van der Waals surface area contributed by atoms with Gasteiger partial charge in [0, 0.05) is 17.5 Å². The number of halogens is 2.